The molecule has 0 saturated heterocycles. The molecule has 0 unspecified atom stereocenters. The first-order chi connectivity index (χ1) is 13.0. The number of ether oxygens (including phenoxy) is 1. The number of amides is 2. The summed E-state index contributed by atoms with van der Waals surface area (Å²) in [5.74, 6) is 0.607. The van der Waals surface area contributed by atoms with Gasteiger partial charge in [0.15, 0.2) is 5.13 Å². The van der Waals surface area contributed by atoms with Gasteiger partial charge >= 0.3 is 0 Å². The van der Waals surface area contributed by atoms with Crippen LogP contribution >= 0.6 is 11.3 Å². The van der Waals surface area contributed by atoms with Crippen molar-refractivity contribution in [1.29, 1.82) is 0 Å². The smallest absolute Gasteiger partial charge is 0.257 e. The Hall–Kier alpha value is -2.93. The SMILES string of the molecule is CCOc1ccc2nc(NC(=O)c3ccc4c(c3)CCN4C(C)=O)sc2c1. The number of carbonyl (C=O) groups excluding carboxylic acids is 2. The summed E-state index contributed by atoms with van der Waals surface area (Å²) in [6.07, 6.45) is 0.761. The number of hydrogen-bond acceptors (Lipinski definition) is 5. The second-order valence-corrected chi connectivity index (χ2v) is 7.33. The monoisotopic (exact) mass is 381 g/mol. The predicted molar refractivity (Wildman–Crippen MR) is 107 cm³/mol. The van der Waals surface area contributed by atoms with E-state index in [1.807, 2.05) is 37.3 Å². The number of aromatic nitrogens is 1. The molecule has 0 atom stereocenters. The lowest BCUT2D eigenvalue weighted by Gasteiger charge is -2.14. The fourth-order valence-corrected chi connectivity index (χ4v) is 4.14. The molecule has 1 aliphatic rings. The molecule has 2 amide bonds. The fraction of sp³-hybridized carbons (Fsp3) is 0.250. The zero-order chi connectivity index (χ0) is 19.0. The van der Waals surface area contributed by atoms with Crippen LogP contribution in [0.5, 0.6) is 5.75 Å². The van der Waals surface area contributed by atoms with Crippen molar-refractivity contribution in [2.75, 3.05) is 23.4 Å². The standard InChI is InChI=1S/C20H19N3O3S/c1-3-26-15-5-6-16-18(11-15)27-20(21-16)22-19(25)14-4-7-17-13(10-14)8-9-23(17)12(2)24/h4-7,10-11H,3,8-9H2,1-2H3,(H,21,22,25). The van der Waals surface area contributed by atoms with Crippen molar-refractivity contribution in [2.45, 2.75) is 20.3 Å². The second-order valence-electron chi connectivity index (χ2n) is 6.30. The number of carbonyl (C=O) groups is 2. The molecule has 2 heterocycles. The number of hydrogen-bond donors (Lipinski definition) is 1. The van der Waals surface area contributed by atoms with Crippen molar-refractivity contribution in [3.05, 3.63) is 47.5 Å². The van der Waals surface area contributed by atoms with E-state index >= 15 is 0 Å². The zero-order valence-corrected chi connectivity index (χ0v) is 15.9. The van der Waals surface area contributed by atoms with Crippen LogP contribution < -0.4 is 15.0 Å². The van der Waals surface area contributed by atoms with Gasteiger partial charge in [-0.15, -0.1) is 0 Å². The summed E-state index contributed by atoms with van der Waals surface area (Å²) < 4.78 is 6.47. The lowest BCUT2D eigenvalue weighted by molar-refractivity contribution is -0.116. The van der Waals surface area contributed by atoms with Crippen LogP contribution in [0.1, 0.15) is 29.8 Å². The van der Waals surface area contributed by atoms with Gasteiger partial charge in [-0.2, -0.15) is 0 Å². The molecule has 7 heteroatoms. The Labute approximate surface area is 160 Å². The zero-order valence-electron chi connectivity index (χ0n) is 15.1. The highest BCUT2D eigenvalue weighted by Gasteiger charge is 2.23. The third-order valence-corrected chi connectivity index (χ3v) is 5.44. The van der Waals surface area contributed by atoms with E-state index in [1.165, 1.54) is 11.3 Å². The first kappa shape index (κ1) is 17.5. The number of fused-ring (bicyclic) bond motifs is 2. The molecule has 2 aromatic carbocycles. The van der Waals surface area contributed by atoms with E-state index < -0.39 is 0 Å². The van der Waals surface area contributed by atoms with Gasteiger partial charge in [0.2, 0.25) is 5.91 Å². The summed E-state index contributed by atoms with van der Waals surface area (Å²) in [7, 11) is 0. The minimum absolute atomic E-state index is 0.0202. The van der Waals surface area contributed by atoms with Crippen LogP contribution in [-0.4, -0.2) is 29.9 Å². The van der Waals surface area contributed by atoms with Crippen molar-refractivity contribution in [3.63, 3.8) is 0 Å². The number of benzene rings is 2. The largest absolute Gasteiger partial charge is 0.494 e. The Morgan fingerprint density at radius 2 is 2.11 bits per heavy atom. The van der Waals surface area contributed by atoms with Crippen LogP contribution in [0.4, 0.5) is 10.8 Å². The Balaban J connectivity index is 1.54. The van der Waals surface area contributed by atoms with E-state index in [0.717, 1.165) is 33.6 Å². The van der Waals surface area contributed by atoms with Crippen molar-refractivity contribution in [3.8, 4) is 5.75 Å². The summed E-state index contributed by atoms with van der Waals surface area (Å²) >= 11 is 1.41. The predicted octanol–water partition coefficient (Wildman–Crippen LogP) is 3.86. The van der Waals surface area contributed by atoms with E-state index in [4.69, 9.17) is 4.74 Å². The average molecular weight is 381 g/mol. The van der Waals surface area contributed by atoms with Crippen LogP contribution in [0.15, 0.2) is 36.4 Å². The normalized spacial score (nSPS) is 12.9. The summed E-state index contributed by atoms with van der Waals surface area (Å²) in [5, 5.41) is 3.42. The molecule has 1 N–H and O–H groups in total. The Bertz CT molecular complexity index is 1040. The highest BCUT2D eigenvalue weighted by atomic mass is 32.1. The summed E-state index contributed by atoms with van der Waals surface area (Å²) in [5.41, 5.74) is 3.30. The molecule has 27 heavy (non-hydrogen) atoms. The third-order valence-electron chi connectivity index (χ3n) is 4.51. The van der Waals surface area contributed by atoms with Gasteiger partial charge in [0.25, 0.3) is 5.91 Å². The molecule has 6 nitrogen and oxygen atoms in total. The van der Waals surface area contributed by atoms with E-state index in [2.05, 4.69) is 10.3 Å². The van der Waals surface area contributed by atoms with Gasteiger partial charge in [-0.05, 0) is 55.3 Å². The van der Waals surface area contributed by atoms with Crippen LogP contribution in [0.25, 0.3) is 10.2 Å². The molecular formula is C20H19N3O3S. The molecule has 0 spiro atoms. The molecule has 0 fully saturated rings. The number of thiazole rings is 1. The molecule has 0 bridgehead atoms. The Kier molecular flexibility index (Phi) is 4.53. The van der Waals surface area contributed by atoms with Crippen LogP contribution in [0.2, 0.25) is 0 Å². The van der Waals surface area contributed by atoms with Gasteiger partial charge < -0.3 is 9.64 Å². The van der Waals surface area contributed by atoms with Gasteiger partial charge in [-0.1, -0.05) is 11.3 Å². The van der Waals surface area contributed by atoms with Gasteiger partial charge in [0.1, 0.15) is 5.75 Å². The Morgan fingerprint density at radius 3 is 2.89 bits per heavy atom. The highest BCUT2D eigenvalue weighted by Crippen LogP contribution is 2.31. The second kappa shape index (κ2) is 7.00. The van der Waals surface area contributed by atoms with Crippen LogP contribution in [0, 0.1) is 0 Å². The van der Waals surface area contributed by atoms with Crippen molar-refractivity contribution < 1.29 is 14.3 Å². The first-order valence-corrected chi connectivity index (χ1v) is 9.62. The lowest BCUT2D eigenvalue weighted by Crippen LogP contribution is -2.25. The molecule has 138 valence electrons. The van der Waals surface area contributed by atoms with Gasteiger partial charge in [0.05, 0.1) is 16.8 Å². The van der Waals surface area contributed by atoms with E-state index in [9.17, 15) is 9.59 Å². The van der Waals surface area contributed by atoms with E-state index in [0.29, 0.717) is 23.8 Å². The maximum Gasteiger partial charge on any atom is 0.257 e. The maximum atomic E-state index is 12.6. The quantitative estimate of drug-likeness (QED) is 0.745. The highest BCUT2D eigenvalue weighted by molar-refractivity contribution is 7.22. The number of nitrogens with zero attached hydrogens (tertiary/aromatic N) is 2. The van der Waals surface area contributed by atoms with E-state index in [1.54, 1.807) is 17.9 Å². The van der Waals surface area contributed by atoms with Gasteiger partial charge in [0, 0.05) is 24.7 Å². The molecule has 3 aromatic rings. The molecule has 0 saturated carbocycles. The fourth-order valence-electron chi connectivity index (χ4n) is 3.25. The third kappa shape index (κ3) is 3.38. The minimum atomic E-state index is -0.205. The summed E-state index contributed by atoms with van der Waals surface area (Å²) in [6, 6.07) is 11.1. The average Bonchev–Trinajstić information content (AvgIpc) is 3.24. The van der Waals surface area contributed by atoms with Crippen molar-refractivity contribution in [2.24, 2.45) is 0 Å². The first-order valence-electron chi connectivity index (χ1n) is 8.81. The topological polar surface area (TPSA) is 71.5 Å². The van der Waals surface area contributed by atoms with Crippen molar-refractivity contribution >= 4 is 44.2 Å². The van der Waals surface area contributed by atoms with Gasteiger partial charge in [-0.3, -0.25) is 14.9 Å². The number of nitrogens with one attached hydrogen (secondary N) is 1. The summed E-state index contributed by atoms with van der Waals surface area (Å²) in [6.45, 7) is 4.76. The molecule has 1 aromatic heterocycles. The molecule has 0 aliphatic carbocycles. The number of rotatable bonds is 4. The molecule has 1 aliphatic heterocycles. The number of anilines is 2. The molecule has 0 radical (unpaired) electrons. The Morgan fingerprint density at radius 1 is 1.26 bits per heavy atom. The molecule has 4 rings (SSSR count). The van der Waals surface area contributed by atoms with E-state index in [-0.39, 0.29) is 11.8 Å². The van der Waals surface area contributed by atoms with Crippen LogP contribution in [0.3, 0.4) is 0 Å². The minimum Gasteiger partial charge on any atom is -0.494 e. The van der Waals surface area contributed by atoms with Crippen LogP contribution in [-0.2, 0) is 11.2 Å². The van der Waals surface area contributed by atoms with Gasteiger partial charge in [-0.25, -0.2) is 4.98 Å². The summed E-state index contributed by atoms with van der Waals surface area (Å²) in [4.78, 5) is 30.5. The lowest BCUT2D eigenvalue weighted by atomic mass is 10.1. The molecular weight excluding hydrogens is 362 g/mol. The van der Waals surface area contributed by atoms with Crippen molar-refractivity contribution in [1.82, 2.24) is 4.98 Å². The maximum absolute atomic E-state index is 12.6.